The molecule has 0 unspecified atom stereocenters. The first kappa shape index (κ1) is 13.9. The molecule has 0 atom stereocenters. The molecule has 1 rings (SSSR count). The van der Waals surface area contributed by atoms with Crippen molar-refractivity contribution in [2.24, 2.45) is 5.73 Å². The van der Waals surface area contributed by atoms with Crippen LogP contribution in [0.1, 0.15) is 25.2 Å². The van der Waals surface area contributed by atoms with E-state index >= 15 is 0 Å². The summed E-state index contributed by atoms with van der Waals surface area (Å²) in [5.74, 6) is 0.810. The van der Waals surface area contributed by atoms with Crippen LogP contribution in [0.5, 0.6) is 5.75 Å². The van der Waals surface area contributed by atoms with Gasteiger partial charge in [0.25, 0.3) is 0 Å². The summed E-state index contributed by atoms with van der Waals surface area (Å²) in [5.41, 5.74) is 7.46. The van der Waals surface area contributed by atoms with Crippen molar-refractivity contribution in [1.82, 2.24) is 9.88 Å². The Bertz CT molecular complexity index is 337. The molecule has 0 aliphatic heterocycles. The Labute approximate surface area is 104 Å². The lowest BCUT2D eigenvalue weighted by molar-refractivity contribution is 0.221. The predicted molar refractivity (Wildman–Crippen MR) is 70.1 cm³/mol. The molecule has 1 aromatic heterocycles. The van der Waals surface area contributed by atoms with Crippen molar-refractivity contribution in [3.8, 4) is 5.75 Å². The molecule has 0 aliphatic carbocycles. The minimum absolute atomic E-state index is 0.419. The van der Waals surface area contributed by atoms with Gasteiger partial charge in [-0.3, -0.25) is 4.98 Å². The fraction of sp³-hybridized carbons (Fsp3) is 0.615. The Morgan fingerprint density at radius 2 is 2.00 bits per heavy atom. The van der Waals surface area contributed by atoms with Gasteiger partial charge in [0.2, 0.25) is 0 Å². The average Bonchev–Trinajstić information content (AvgIpc) is 2.36. The number of rotatable bonds is 7. The summed E-state index contributed by atoms with van der Waals surface area (Å²) in [4.78, 5) is 6.69. The zero-order chi connectivity index (χ0) is 12.7. The van der Waals surface area contributed by atoms with E-state index in [1.54, 1.807) is 0 Å². The highest BCUT2D eigenvalue weighted by molar-refractivity contribution is 5.29. The van der Waals surface area contributed by atoms with Crippen LogP contribution in [0.3, 0.4) is 0 Å². The lowest BCUT2D eigenvalue weighted by atomic mass is 10.3. The van der Waals surface area contributed by atoms with Gasteiger partial charge in [0.1, 0.15) is 12.4 Å². The first-order valence-corrected chi connectivity index (χ1v) is 6.23. The molecule has 17 heavy (non-hydrogen) atoms. The van der Waals surface area contributed by atoms with Crippen molar-refractivity contribution in [3.05, 3.63) is 23.5 Å². The SMILES string of the molecule is CCN(CC)CCOc1ccc(C)nc1CN. The number of likely N-dealkylation sites (N-methyl/N-ethyl adjacent to an activating group) is 1. The summed E-state index contributed by atoms with van der Waals surface area (Å²) in [6.07, 6.45) is 0. The van der Waals surface area contributed by atoms with Crippen molar-refractivity contribution in [3.63, 3.8) is 0 Å². The molecule has 0 saturated carbocycles. The Morgan fingerprint density at radius 1 is 1.29 bits per heavy atom. The van der Waals surface area contributed by atoms with Crippen molar-refractivity contribution in [2.45, 2.75) is 27.3 Å². The molecule has 4 heteroatoms. The monoisotopic (exact) mass is 237 g/mol. The van der Waals surface area contributed by atoms with Crippen molar-refractivity contribution < 1.29 is 4.74 Å². The van der Waals surface area contributed by atoms with E-state index in [-0.39, 0.29) is 0 Å². The summed E-state index contributed by atoms with van der Waals surface area (Å²) >= 11 is 0. The molecule has 0 aromatic carbocycles. The number of aryl methyl sites for hydroxylation is 1. The quantitative estimate of drug-likeness (QED) is 0.782. The molecule has 0 bridgehead atoms. The van der Waals surface area contributed by atoms with Gasteiger partial charge in [0.15, 0.2) is 0 Å². The first-order chi connectivity index (χ1) is 8.21. The average molecular weight is 237 g/mol. The number of pyridine rings is 1. The molecule has 4 nitrogen and oxygen atoms in total. The molecular weight excluding hydrogens is 214 g/mol. The molecular formula is C13H23N3O. The van der Waals surface area contributed by atoms with Crippen LogP contribution >= 0.6 is 0 Å². The second kappa shape index (κ2) is 7.25. The lowest BCUT2D eigenvalue weighted by Crippen LogP contribution is -2.28. The van der Waals surface area contributed by atoms with Crippen LogP contribution in [0.25, 0.3) is 0 Å². The number of hydrogen-bond acceptors (Lipinski definition) is 4. The summed E-state index contributed by atoms with van der Waals surface area (Å²) in [6.45, 7) is 10.4. The van der Waals surface area contributed by atoms with Gasteiger partial charge >= 0.3 is 0 Å². The molecule has 0 amide bonds. The van der Waals surface area contributed by atoms with Gasteiger partial charge < -0.3 is 15.4 Å². The number of nitrogens with zero attached hydrogens (tertiary/aromatic N) is 2. The van der Waals surface area contributed by atoms with Crippen LogP contribution in [-0.2, 0) is 6.54 Å². The van der Waals surface area contributed by atoms with Crippen LogP contribution in [-0.4, -0.2) is 36.1 Å². The summed E-state index contributed by atoms with van der Waals surface area (Å²) in [6, 6.07) is 3.90. The third-order valence-electron chi connectivity index (χ3n) is 2.82. The lowest BCUT2D eigenvalue weighted by Gasteiger charge is -2.18. The third kappa shape index (κ3) is 4.32. The number of ether oxygens (including phenoxy) is 1. The fourth-order valence-electron chi connectivity index (χ4n) is 1.70. The Kier molecular flexibility index (Phi) is 5.94. The van der Waals surface area contributed by atoms with Crippen LogP contribution in [0, 0.1) is 6.92 Å². The first-order valence-electron chi connectivity index (χ1n) is 6.23. The van der Waals surface area contributed by atoms with Gasteiger partial charge in [-0.05, 0) is 32.1 Å². The van der Waals surface area contributed by atoms with E-state index in [2.05, 4.69) is 23.7 Å². The highest BCUT2D eigenvalue weighted by Crippen LogP contribution is 2.16. The normalized spacial score (nSPS) is 10.9. The highest BCUT2D eigenvalue weighted by Gasteiger charge is 2.05. The molecule has 96 valence electrons. The zero-order valence-electron chi connectivity index (χ0n) is 11.1. The third-order valence-corrected chi connectivity index (χ3v) is 2.82. The summed E-state index contributed by atoms with van der Waals surface area (Å²) in [7, 11) is 0. The highest BCUT2D eigenvalue weighted by atomic mass is 16.5. The van der Waals surface area contributed by atoms with E-state index in [4.69, 9.17) is 10.5 Å². The topological polar surface area (TPSA) is 51.4 Å². The van der Waals surface area contributed by atoms with E-state index < -0.39 is 0 Å². The van der Waals surface area contributed by atoms with Gasteiger partial charge in [-0.1, -0.05) is 13.8 Å². The fourth-order valence-corrected chi connectivity index (χ4v) is 1.70. The van der Waals surface area contributed by atoms with E-state index in [1.807, 2.05) is 19.1 Å². The standard InChI is InChI=1S/C13H23N3O/c1-4-16(5-2)8-9-17-13-7-6-11(3)15-12(13)10-14/h6-7H,4-5,8-10,14H2,1-3H3. The number of hydrogen-bond donors (Lipinski definition) is 1. The second-order valence-electron chi connectivity index (χ2n) is 3.98. The van der Waals surface area contributed by atoms with Gasteiger partial charge in [-0.2, -0.15) is 0 Å². The smallest absolute Gasteiger partial charge is 0.142 e. The van der Waals surface area contributed by atoms with E-state index in [9.17, 15) is 0 Å². The van der Waals surface area contributed by atoms with E-state index in [0.29, 0.717) is 13.2 Å². The summed E-state index contributed by atoms with van der Waals surface area (Å²) in [5, 5.41) is 0. The Hall–Kier alpha value is -1.13. The van der Waals surface area contributed by atoms with E-state index in [1.165, 1.54) is 0 Å². The molecule has 0 spiro atoms. The van der Waals surface area contributed by atoms with Gasteiger partial charge in [0.05, 0.1) is 5.69 Å². The summed E-state index contributed by atoms with van der Waals surface area (Å²) < 4.78 is 5.73. The van der Waals surface area contributed by atoms with Crippen LogP contribution in [0.4, 0.5) is 0 Å². The molecule has 0 radical (unpaired) electrons. The second-order valence-corrected chi connectivity index (χ2v) is 3.98. The Morgan fingerprint density at radius 3 is 2.59 bits per heavy atom. The van der Waals surface area contributed by atoms with Crippen molar-refractivity contribution in [1.29, 1.82) is 0 Å². The van der Waals surface area contributed by atoms with Crippen molar-refractivity contribution in [2.75, 3.05) is 26.2 Å². The minimum atomic E-state index is 0.419. The largest absolute Gasteiger partial charge is 0.490 e. The maximum atomic E-state index is 5.73. The molecule has 0 fully saturated rings. The van der Waals surface area contributed by atoms with Gasteiger partial charge in [-0.25, -0.2) is 0 Å². The number of aromatic nitrogens is 1. The number of nitrogens with two attached hydrogens (primary N) is 1. The van der Waals surface area contributed by atoms with Gasteiger partial charge in [-0.15, -0.1) is 0 Å². The Balaban J connectivity index is 2.51. The van der Waals surface area contributed by atoms with Gasteiger partial charge in [0, 0.05) is 18.8 Å². The molecule has 0 saturated heterocycles. The molecule has 2 N–H and O–H groups in total. The minimum Gasteiger partial charge on any atom is -0.490 e. The van der Waals surface area contributed by atoms with Crippen molar-refractivity contribution >= 4 is 0 Å². The molecule has 1 aromatic rings. The van der Waals surface area contributed by atoms with Crippen LogP contribution in [0.15, 0.2) is 12.1 Å². The maximum absolute atomic E-state index is 5.73. The van der Waals surface area contributed by atoms with E-state index in [0.717, 1.165) is 36.8 Å². The predicted octanol–water partition coefficient (Wildman–Crippen LogP) is 1.57. The molecule has 0 aliphatic rings. The maximum Gasteiger partial charge on any atom is 0.142 e. The zero-order valence-corrected chi connectivity index (χ0v) is 11.1. The van der Waals surface area contributed by atoms with Crippen LogP contribution < -0.4 is 10.5 Å². The van der Waals surface area contributed by atoms with Crippen LogP contribution in [0.2, 0.25) is 0 Å². The molecule has 1 heterocycles.